The molecule has 1 amide bonds. The second kappa shape index (κ2) is 11.6. The van der Waals surface area contributed by atoms with Gasteiger partial charge in [-0.2, -0.15) is 0 Å². The first-order valence-electron chi connectivity index (χ1n) is 12.0. The SMILES string of the molecule is CCOC(=O)CC1CCN(N(Cc2ccccc2)C(=O)c2ccccc2Cc2ccccc2)C1. The monoisotopic (exact) mass is 456 g/mol. The summed E-state index contributed by atoms with van der Waals surface area (Å²) in [6, 6.07) is 28.2. The minimum atomic E-state index is -0.163. The number of ether oxygens (including phenoxy) is 1. The maximum absolute atomic E-state index is 14.0. The van der Waals surface area contributed by atoms with Gasteiger partial charge in [-0.3, -0.25) is 14.6 Å². The molecule has 0 N–H and O–H groups in total. The summed E-state index contributed by atoms with van der Waals surface area (Å²) in [5, 5.41) is 3.98. The Hall–Kier alpha value is -3.44. The fraction of sp³-hybridized carbons (Fsp3) is 0.310. The topological polar surface area (TPSA) is 49.9 Å². The van der Waals surface area contributed by atoms with E-state index in [0.717, 1.165) is 29.7 Å². The van der Waals surface area contributed by atoms with Crippen molar-refractivity contribution >= 4 is 11.9 Å². The van der Waals surface area contributed by atoms with Gasteiger partial charge in [-0.25, -0.2) is 5.01 Å². The standard InChI is InChI=1S/C29H32N2O3/c1-2-34-28(32)20-25-17-18-30(21-25)31(22-24-13-7-4-8-14-24)29(33)27-16-10-9-15-26(27)19-23-11-5-3-6-12-23/h3-16,25H,2,17-22H2,1H3. The van der Waals surface area contributed by atoms with Gasteiger partial charge in [0, 0.05) is 25.1 Å². The summed E-state index contributed by atoms with van der Waals surface area (Å²) in [6.07, 6.45) is 1.96. The number of nitrogens with zero attached hydrogens (tertiary/aromatic N) is 2. The Balaban J connectivity index is 1.57. The van der Waals surface area contributed by atoms with Crippen LogP contribution in [0.15, 0.2) is 84.9 Å². The number of benzene rings is 3. The molecule has 0 saturated carbocycles. The number of hydrogen-bond acceptors (Lipinski definition) is 4. The minimum Gasteiger partial charge on any atom is -0.466 e. The molecular weight excluding hydrogens is 424 g/mol. The fourth-order valence-electron chi connectivity index (χ4n) is 4.55. The molecule has 5 nitrogen and oxygen atoms in total. The Labute approximate surface area is 201 Å². The molecule has 1 unspecified atom stereocenters. The summed E-state index contributed by atoms with van der Waals surface area (Å²) in [4.78, 5) is 26.0. The average Bonchev–Trinajstić information content (AvgIpc) is 3.32. The van der Waals surface area contributed by atoms with Crippen molar-refractivity contribution < 1.29 is 14.3 Å². The number of hydrazine groups is 1. The number of rotatable bonds is 9. The van der Waals surface area contributed by atoms with Gasteiger partial charge in [-0.05, 0) is 48.4 Å². The number of carbonyl (C=O) groups excluding carboxylic acids is 2. The molecule has 3 aromatic carbocycles. The fourth-order valence-corrected chi connectivity index (χ4v) is 4.55. The van der Waals surface area contributed by atoms with Gasteiger partial charge < -0.3 is 4.74 Å². The van der Waals surface area contributed by atoms with E-state index in [9.17, 15) is 9.59 Å². The molecule has 1 heterocycles. The van der Waals surface area contributed by atoms with E-state index in [0.29, 0.717) is 32.5 Å². The first kappa shape index (κ1) is 23.7. The van der Waals surface area contributed by atoms with E-state index in [1.807, 2.05) is 84.7 Å². The van der Waals surface area contributed by atoms with Crippen LogP contribution in [-0.2, 0) is 22.5 Å². The summed E-state index contributed by atoms with van der Waals surface area (Å²) < 4.78 is 5.15. The van der Waals surface area contributed by atoms with Crippen molar-refractivity contribution in [2.24, 2.45) is 5.92 Å². The third kappa shape index (κ3) is 6.12. The van der Waals surface area contributed by atoms with E-state index in [4.69, 9.17) is 4.74 Å². The average molecular weight is 457 g/mol. The van der Waals surface area contributed by atoms with Gasteiger partial charge in [0.15, 0.2) is 0 Å². The van der Waals surface area contributed by atoms with Gasteiger partial charge in [-0.15, -0.1) is 0 Å². The van der Waals surface area contributed by atoms with Gasteiger partial charge in [0.25, 0.3) is 5.91 Å². The van der Waals surface area contributed by atoms with Gasteiger partial charge in [0.05, 0.1) is 13.2 Å². The van der Waals surface area contributed by atoms with Gasteiger partial charge in [-0.1, -0.05) is 78.9 Å². The van der Waals surface area contributed by atoms with Crippen molar-refractivity contribution in [3.05, 3.63) is 107 Å². The highest BCUT2D eigenvalue weighted by Crippen LogP contribution is 2.26. The van der Waals surface area contributed by atoms with Crippen LogP contribution in [0.25, 0.3) is 0 Å². The molecule has 1 fully saturated rings. The largest absolute Gasteiger partial charge is 0.466 e. The van der Waals surface area contributed by atoms with Crippen LogP contribution in [0.5, 0.6) is 0 Å². The molecule has 0 spiro atoms. The van der Waals surface area contributed by atoms with Crippen LogP contribution >= 0.6 is 0 Å². The van der Waals surface area contributed by atoms with Crippen LogP contribution in [0.3, 0.4) is 0 Å². The lowest BCUT2D eigenvalue weighted by Crippen LogP contribution is -2.45. The quantitative estimate of drug-likeness (QED) is 0.420. The molecule has 0 radical (unpaired) electrons. The molecule has 1 aliphatic rings. The number of hydrogen-bond donors (Lipinski definition) is 0. The predicted molar refractivity (Wildman–Crippen MR) is 133 cm³/mol. The van der Waals surface area contributed by atoms with Crippen molar-refractivity contribution in [2.75, 3.05) is 19.7 Å². The van der Waals surface area contributed by atoms with Gasteiger partial charge >= 0.3 is 5.97 Å². The van der Waals surface area contributed by atoms with Crippen molar-refractivity contribution in [2.45, 2.75) is 32.7 Å². The Kier molecular flexibility index (Phi) is 8.10. The molecule has 176 valence electrons. The number of carbonyl (C=O) groups is 2. The van der Waals surface area contributed by atoms with Crippen molar-refractivity contribution in [3.8, 4) is 0 Å². The highest BCUT2D eigenvalue weighted by atomic mass is 16.5. The summed E-state index contributed by atoms with van der Waals surface area (Å²) in [5.74, 6) is 0.0142. The van der Waals surface area contributed by atoms with Crippen molar-refractivity contribution in [1.29, 1.82) is 0 Å². The maximum Gasteiger partial charge on any atom is 0.306 e. The Morgan fingerprint density at radius 3 is 2.26 bits per heavy atom. The normalized spacial score (nSPS) is 15.7. The zero-order chi connectivity index (χ0) is 23.8. The third-order valence-electron chi connectivity index (χ3n) is 6.26. The summed E-state index contributed by atoms with van der Waals surface area (Å²) >= 11 is 0. The molecule has 34 heavy (non-hydrogen) atoms. The molecule has 3 aromatic rings. The zero-order valence-corrected chi connectivity index (χ0v) is 19.7. The Morgan fingerprint density at radius 2 is 1.56 bits per heavy atom. The second-order valence-corrected chi connectivity index (χ2v) is 8.74. The molecule has 0 bridgehead atoms. The maximum atomic E-state index is 14.0. The van der Waals surface area contributed by atoms with Crippen LogP contribution < -0.4 is 0 Å². The van der Waals surface area contributed by atoms with Crippen LogP contribution in [0.2, 0.25) is 0 Å². The highest BCUT2D eigenvalue weighted by molar-refractivity contribution is 5.95. The van der Waals surface area contributed by atoms with E-state index in [1.54, 1.807) is 0 Å². The molecule has 1 aliphatic heterocycles. The smallest absolute Gasteiger partial charge is 0.306 e. The van der Waals surface area contributed by atoms with Gasteiger partial charge in [0.2, 0.25) is 0 Å². The van der Waals surface area contributed by atoms with Crippen LogP contribution in [-0.4, -0.2) is 41.6 Å². The summed E-state index contributed by atoms with van der Waals surface area (Å²) in [7, 11) is 0. The molecule has 0 aliphatic carbocycles. The van der Waals surface area contributed by atoms with E-state index < -0.39 is 0 Å². The molecular formula is C29H32N2O3. The molecule has 5 heteroatoms. The lowest BCUT2D eigenvalue weighted by molar-refractivity contribution is -0.144. The Bertz CT molecular complexity index is 1080. The van der Waals surface area contributed by atoms with E-state index >= 15 is 0 Å². The second-order valence-electron chi connectivity index (χ2n) is 8.74. The third-order valence-corrected chi connectivity index (χ3v) is 6.26. The zero-order valence-electron chi connectivity index (χ0n) is 19.7. The van der Waals surface area contributed by atoms with Crippen LogP contribution in [0.1, 0.15) is 46.8 Å². The van der Waals surface area contributed by atoms with Crippen molar-refractivity contribution in [1.82, 2.24) is 10.0 Å². The Morgan fingerprint density at radius 1 is 0.912 bits per heavy atom. The molecule has 1 atom stereocenters. The number of amides is 1. The first-order valence-corrected chi connectivity index (χ1v) is 12.0. The molecule has 0 aromatic heterocycles. The lowest BCUT2D eigenvalue weighted by atomic mass is 9.99. The molecule has 4 rings (SSSR count). The predicted octanol–water partition coefficient (Wildman–Crippen LogP) is 5.11. The van der Waals surface area contributed by atoms with E-state index in [2.05, 4.69) is 17.1 Å². The van der Waals surface area contributed by atoms with Crippen LogP contribution in [0, 0.1) is 5.92 Å². The highest BCUT2D eigenvalue weighted by Gasteiger charge is 2.32. The summed E-state index contributed by atoms with van der Waals surface area (Å²) in [6.45, 7) is 4.12. The van der Waals surface area contributed by atoms with Gasteiger partial charge in [0.1, 0.15) is 0 Å². The lowest BCUT2D eigenvalue weighted by Gasteiger charge is -2.33. The van der Waals surface area contributed by atoms with E-state index in [1.165, 1.54) is 5.56 Å². The number of esters is 1. The van der Waals surface area contributed by atoms with Crippen LogP contribution in [0.4, 0.5) is 0 Å². The van der Waals surface area contributed by atoms with Crippen molar-refractivity contribution in [3.63, 3.8) is 0 Å². The van der Waals surface area contributed by atoms with E-state index in [-0.39, 0.29) is 17.8 Å². The minimum absolute atomic E-state index is 0.00725. The first-order chi connectivity index (χ1) is 16.6. The molecule has 1 saturated heterocycles. The summed E-state index contributed by atoms with van der Waals surface area (Å²) in [5.41, 5.74) is 3.98.